The molecule has 33 heavy (non-hydrogen) atoms. The molecule has 3 aromatic rings. The number of aryl methyl sites for hydroxylation is 2. The summed E-state index contributed by atoms with van der Waals surface area (Å²) in [5.74, 6) is 0.0140. The number of halogens is 1. The Morgan fingerprint density at radius 2 is 1.97 bits per heavy atom. The third kappa shape index (κ3) is 7.00. The molecule has 0 atom stereocenters. The maximum atomic E-state index is 12.6. The fourth-order valence-electron chi connectivity index (χ4n) is 2.43. The molecule has 0 spiro atoms. The second-order valence-corrected chi connectivity index (χ2v) is 11.4. The molecule has 0 aliphatic rings. The summed E-state index contributed by atoms with van der Waals surface area (Å²) in [6, 6.07) is 9.45. The summed E-state index contributed by atoms with van der Waals surface area (Å²) < 4.78 is 37.0. The van der Waals surface area contributed by atoms with E-state index in [-0.39, 0.29) is 28.1 Å². The molecule has 1 N–H and O–H groups in total. The Morgan fingerprint density at radius 1 is 1.24 bits per heavy atom. The Hall–Kier alpha value is -2.48. The maximum Gasteiger partial charge on any atom is 0.339 e. The van der Waals surface area contributed by atoms with Crippen LogP contribution in [0.5, 0.6) is 11.5 Å². The molecule has 0 saturated carbocycles. The topological polar surface area (TPSA) is 120 Å². The minimum Gasteiger partial charge on any atom is -0.493 e. The van der Waals surface area contributed by atoms with Crippen molar-refractivity contribution in [2.24, 2.45) is 5.10 Å². The van der Waals surface area contributed by atoms with Gasteiger partial charge in [-0.3, -0.25) is 4.79 Å². The van der Waals surface area contributed by atoms with Gasteiger partial charge < -0.3 is 8.92 Å². The first-order chi connectivity index (χ1) is 15.7. The predicted octanol–water partition coefficient (Wildman–Crippen LogP) is 3.94. The van der Waals surface area contributed by atoms with E-state index >= 15 is 0 Å². The van der Waals surface area contributed by atoms with Crippen LogP contribution in [0.2, 0.25) is 0 Å². The number of rotatable bonds is 9. The lowest BCUT2D eigenvalue weighted by molar-refractivity contribution is -0.118. The number of hydrogen-bond acceptors (Lipinski definition) is 10. The summed E-state index contributed by atoms with van der Waals surface area (Å²) in [5, 5.41) is 12.6. The Balaban J connectivity index is 1.68. The van der Waals surface area contributed by atoms with E-state index in [1.54, 1.807) is 24.3 Å². The number of amides is 1. The lowest BCUT2D eigenvalue weighted by Gasteiger charge is -2.13. The first-order valence-electron chi connectivity index (χ1n) is 9.31. The number of hydrogen-bond donors (Lipinski definition) is 1. The van der Waals surface area contributed by atoms with Gasteiger partial charge in [-0.15, -0.1) is 10.2 Å². The summed E-state index contributed by atoms with van der Waals surface area (Å²) in [6.07, 6.45) is 1.41. The highest BCUT2D eigenvalue weighted by Gasteiger charge is 2.22. The zero-order valence-electron chi connectivity index (χ0n) is 17.7. The minimum atomic E-state index is -4.07. The van der Waals surface area contributed by atoms with Crippen molar-refractivity contribution in [3.8, 4) is 11.5 Å². The van der Waals surface area contributed by atoms with Crippen molar-refractivity contribution in [2.75, 3.05) is 12.9 Å². The number of methoxy groups -OCH3 is 1. The number of carbonyl (C=O) groups excluding carboxylic acids is 1. The zero-order valence-corrected chi connectivity index (χ0v) is 21.8. The normalized spacial score (nSPS) is 11.5. The van der Waals surface area contributed by atoms with Crippen molar-refractivity contribution in [1.82, 2.24) is 15.6 Å². The molecule has 0 aliphatic heterocycles. The highest BCUT2D eigenvalue weighted by Crippen LogP contribution is 2.38. The highest BCUT2D eigenvalue weighted by atomic mass is 79.9. The van der Waals surface area contributed by atoms with E-state index in [4.69, 9.17) is 8.92 Å². The Kier molecular flexibility index (Phi) is 8.46. The van der Waals surface area contributed by atoms with Crippen molar-refractivity contribution < 1.29 is 22.1 Å². The molecule has 13 heteroatoms. The summed E-state index contributed by atoms with van der Waals surface area (Å²) in [7, 11) is -2.67. The van der Waals surface area contributed by atoms with Gasteiger partial charge in [0.05, 0.1) is 23.5 Å². The lowest BCUT2D eigenvalue weighted by atomic mass is 10.2. The quantitative estimate of drug-likeness (QED) is 0.178. The van der Waals surface area contributed by atoms with Gasteiger partial charge in [0.2, 0.25) is 0 Å². The van der Waals surface area contributed by atoms with Gasteiger partial charge in [-0.1, -0.05) is 40.8 Å². The fourth-order valence-corrected chi connectivity index (χ4v) is 5.65. The predicted molar refractivity (Wildman–Crippen MR) is 131 cm³/mol. The number of aromatic nitrogens is 2. The molecular formula is C20H19BrN4O5S3. The van der Waals surface area contributed by atoms with Crippen molar-refractivity contribution in [2.45, 2.75) is 23.1 Å². The average Bonchev–Trinajstić information content (AvgIpc) is 3.19. The monoisotopic (exact) mass is 570 g/mol. The van der Waals surface area contributed by atoms with Crippen LogP contribution in [0.15, 0.2) is 55.2 Å². The van der Waals surface area contributed by atoms with Crippen LogP contribution >= 0.6 is 39.0 Å². The van der Waals surface area contributed by atoms with Gasteiger partial charge in [0.15, 0.2) is 15.8 Å². The molecule has 3 rings (SSSR count). The summed E-state index contributed by atoms with van der Waals surface area (Å²) in [4.78, 5) is 12.0. The van der Waals surface area contributed by atoms with Gasteiger partial charge in [-0.05, 0) is 59.6 Å². The van der Waals surface area contributed by atoms with Crippen LogP contribution in [0.25, 0.3) is 0 Å². The zero-order chi connectivity index (χ0) is 24.0. The number of thioether (sulfide) groups is 1. The second-order valence-electron chi connectivity index (χ2n) is 6.55. The largest absolute Gasteiger partial charge is 0.493 e. The third-order valence-corrected chi connectivity index (χ3v) is 7.79. The van der Waals surface area contributed by atoms with Gasteiger partial charge in [-0.2, -0.15) is 13.5 Å². The average molecular weight is 572 g/mol. The van der Waals surface area contributed by atoms with Crippen molar-refractivity contribution >= 4 is 61.3 Å². The molecule has 1 amide bonds. The minimum absolute atomic E-state index is 0.00279. The number of nitrogens with zero attached hydrogens (tertiary/aromatic N) is 3. The summed E-state index contributed by atoms with van der Waals surface area (Å²) >= 11 is 5.99. The Labute approximate surface area is 207 Å². The van der Waals surface area contributed by atoms with E-state index in [9.17, 15) is 13.2 Å². The maximum absolute atomic E-state index is 12.6. The number of benzene rings is 2. The van der Waals surface area contributed by atoms with Crippen LogP contribution in [0.4, 0.5) is 0 Å². The molecule has 174 valence electrons. The van der Waals surface area contributed by atoms with Crippen LogP contribution in [-0.2, 0) is 14.9 Å². The standard InChI is InChI=1S/C20H19BrN4O5S3/c1-12-4-6-15(7-5-12)33(27,28)30-19-16(21)8-14(9-17(19)29-3)10-22-24-18(26)11-31-20-25-23-13(2)32-20/h4-10H,11H2,1-3H3,(H,24,26)/b22-10-. The smallest absolute Gasteiger partial charge is 0.339 e. The Morgan fingerprint density at radius 3 is 2.61 bits per heavy atom. The number of ether oxygens (including phenoxy) is 1. The molecule has 0 fully saturated rings. The van der Waals surface area contributed by atoms with E-state index in [1.807, 2.05) is 13.8 Å². The van der Waals surface area contributed by atoms with Crippen LogP contribution in [0.3, 0.4) is 0 Å². The van der Waals surface area contributed by atoms with Crippen molar-refractivity contribution in [3.05, 3.63) is 57.0 Å². The van der Waals surface area contributed by atoms with Crippen LogP contribution in [0.1, 0.15) is 16.1 Å². The molecule has 0 aliphatic carbocycles. The second kappa shape index (κ2) is 11.1. The summed E-state index contributed by atoms with van der Waals surface area (Å²) in [5.41, 5.74) is 3.90. The van der Waals surface area contributed by atoms with Gasteiger partial charge in [0, 0.05) is 0 Å². The first kappa shape index (κ1) is 25.1. The van der Waals surface area contributed by atoms with E-state index in [2.05, 4.69) is 36.7 Å². The molecule has 9 nitrogen and oxygen atoms in total. The number of carbonyl (C=O) groups is 1. The van der Waals surface area contributed by atoms with Crippen LogP contribution < -0.4 is 14.3 Å². The molecule has 0 saturated heterocycles. The highest BCUT2D eigenvalue weighted by molar-refractivity contribution is 9.10. The first-order valence-corrected chi connectivity index (χ1v) is 13.3. The van der Waals surface area contributed by atoms with Crippen molar-refractivity contribution in [3.63, 3.8) is 0 Å². The molecule has 0 bridgehead atoms. The third-order valence-electron chi connectivity index (χ3n) is 3.99. The van der Waals surface area contributed by atoms with E-state index in [0.29, 0.717) is 14.4 Å². The van der Waals surface area contributed by atoms with Gasteiger partial charge in [0.1, 0.15) is 9.90 Å². The molecular weight excluding hydrogens is 552 g/mol. The molecule has 0 radical (unpaired) electrons. The lowest BCUT2D eigenvalue weighted by Crippen LogP contribution is -2.19. The Bertz CT molecular complexity index is 1280. The fraction of sp³-hybridized carbons (Fsp3) is 0.200. The number of nitrogens with one attached hydrogen (secondary N) is 1. The molecule has 1 heterocycles. The van der Waals surface area contributed by atoms with Crippen LogP contribution in [0, 0.1) is 13.8 Å². The van der Waals surface area contributed by atoms with Crippen LogP contribution in [-0.4, -0.2) is 43.6 Å². The summed E-state index contributed by atoms with van der Waals surface area (Å²) in [6.45, 7) is 3.70. The molecule has 2 aromatic carbocycles. The van der Waals surface area contributed by atoms with E-state index < -0.39 is 10.1 Å². The van der Waals surface area contributed by atoms with E-state index in [0.717, 1.165) is 10.6 Å². The number of hydrazone groups is 1. The molecule has 0 unspecified atom stereocenters. The van der Waals surface area contributed by atoms with Gasteiger partial charge in [0.25, 0.3) is 5.91 Å². The van der Waals surface area contributed by atoms with E-state index in [1.165, 1.54) is 48.6 Å². The molecule has 1 aromatic heterocycles. The van der Waals surface area contributed by atoms with Gasteiger partial charge in [-0.25, -0.2) is 5.43 Å². The van der Waals surface area contributed by atoms with Crippen molar-refractivity contribution in [1.29, 1.82) is 0 Å². The SMILES string of the molecule is COc1cc(/C=N\NC(=O)CSc2nnc(C)s2)cc(Br)c1OS(=O)(=O)c1ccc(C)cc1. The van der Waals surface area contributed by atoms with Gasteiger partial charge >= 0.3 is 10.1 Å².